The van der Waals surface area contributed by atoms with Crippen molar-refractivity contribution >= 4 is 43.0 Å². The van der Waals surface area contributed by atoms with Crippen molar-refractivity contribution in [2.45, 2.75) is 24.8 Å². The first-order valence-electron chi connectivity index (χ1n) is 7.39. The minimum absolute atomic E-state index is 0.00733. The molecular formula is C16H15BrFN3O2S2. The Bertz CT molecular complexity index is 999. The van der Waals surface area contributed by atoms with Gasteiger partial charge in [0.1, 0.15) is 16.4 Å². The molecule has 0 saturated heterocycles. The minimum atomic E-state index is -4.00. The summed E-state index contributed by atoms with van der Waals surface area (Å²) in [5.74, 6) is -0.660. The zero-order valence-corrected chi connectivity index (χ0v) is 16.6. The molecule has 1 N–H and O–H groups in total. The number of hydrogen-bond acceptors (Lipinski definition) is 4. The van der Waals surface area contributed by atoms with E-state index in [2.05, 4.69) is 25.8 Å². The van der Waals surface area contributed by atoms with E-state index in [0.717, 1.165) is 4.88 Å². The molecular weight excluding hydrogens is 429 g/mol. The number of rotatable bonds is 5. The monoisotopic (exact) mass is 443 g/mol. The van der Waals surface area contributed by atoms with Gasteiger partial charge < -0.3 is 0 Å². The smallest absolute Gasteiger partial charge is 0.265 e. The van der Waals surface area contributed by atoms with Gasteiger partial charge in [-0.3, -0.25) is 9.40 Å². The summed E-state index contributed by atoms with van der Waals surface area (Å²) >= 11 is 4.54. The van der Waals surface area contributed by atoms with Crippen molar-refractivity contribution in [3.8, 4) is 10.6 Å². The molecule has 3 rings (SSSR count). The Balaban J connectivity index is 2.07. The lowest BCUT2D eigenvalue weighted by Crippen LogP contribution is -2.14. The third-order valence-corrected chi connectivity index (χ3v) is 6.18. The first-order chi connectivity index (χ1) is 11.8. The van der Waals surface area contributed by atoms with Crippen LogP contribution in [0.1, 0.15) is 19.9 Å². The van der Waals surface area contributed by atoms with E-state index >= 15 is 0 Å². The fraction of sp³-hybridized carbons (Fsp3) is 0.188. The molecule has 0 fully saturated rings. The average Bonchev–Trinajstić information content (AvgIpc) is 3.18. The predicted molar refractivity (Wildman–Crippen MR) is 101 cm³/mol. The Morgan fingerprint density at radius 1 is 1.32 bits per heavy atom. The summed E-state index contributed by atoms with van der Waals surface area (Å²) in [6.45, 7) is 3.81. The first kappa shape index (κ1) is 18.1. The summed E-state index contributed by atoms with van der Waals surface area (Å²) in [6.07, 6.45) is 1.47. The fourth-order valence-corrected chi connectivity index (χ4v) is 4.53. The summed E-state index contributed by atoms with van der Waals surface area (Å²) in [5.41, 5.74) is 0.242. The summed E-state index contributed by atoms with van der Waals surface area (Å²) in [6, 6.07) is 7.76. The zero-order chi connectivity index (χ0) is 18.2. The molecule has 0 amide bonds. The lowest BCUT2D eigenvalue weighted by molar-refractivity contribution is 0.532. The summed E-state index contributed by atoms with van der Waals surface area (Å²) in [4.78, 5) is 0.752. The number of thiophene rings is 1. The molecule has 0 saturated carbocycles. The standard InChI is InChI=1S/C16H15BrFN3O2S2/c1-10(2)21-9-15(16(19-21)14-4-3-7-24-14)25(22,23)20-13-6-5-11(17)8-12(13)18/h3-10,20H,1-2H3. The van der Waals surface area contributed by atoms with Gasteiger partial charge in [-0.05, 0) is 43.5 Å². The van der Waals surface area contributed by atoms with Crippen molar-refractivity contribution in [3.63, 3.8) is 0 Å². The molecule has 0 radical (unpaired) electrons. The van der Waals surface area contributed by atoms with Crippen LogP contribution in [0.2, 0.25) is 0 Å². The van der Waals surface area contributed by atoms with Crippen molar-refractivity contribution in [1.82, 2.24) is 9.78 Å². The highest BCUT2D eigenvalue weighted by Crippen LogP contribution is 2.32. The van der Waals surface area contributed by atoms with E-state index in [1.807, 2.05) is 25.3 Å². The quantitative estimate of drug-likeness (QED) is 0.609. The molecule has 132 valence electrons. The predicted octanol–water partition coefficient (Wildman–Crippen LogP) is 4.89. The molecule has 25 heavy (non-hydrogen) atoms. The molecule has 0 aliphatic rings. The molecule has 0 aliphatic carbocycles. The lowest BCUT2D eigenvalue weighted by Gasteiger charge is -2.09. The SMILES string of the molecule is CC(C)n1cc(S(=O)(=O)Nc2ccc(Br)cc2F)c(-c2cccs2)n1. The number of halogens is 2. The van der Waals surface area contributed by atoms with Gasteiger partial charge in [-0.15, -0.1) is 11.3 Å². The second-order valence-electron chi connectivity index (χ2n) is 5.62. The van der Waals surface area contributed by atoms with Crippen molar-refractivity contribution in [2.75, 3.05) is 4.72 Å². The molecule has 2 heterocycles. The third-order valence-electron chi connectivity index (χ3n) is 3.45. The van der Waals surface area contributed by atoms with Crippen LogP contribution in [0.15, 0.2) is 51.3 Å². The third kappa shape index (κ3) is 3.78. The van der Waals surface area contributed by atoms with Gasteiger partial charge in [0.15, 0.2) is 0 Å². The molecule has 0 spiro atoms. The van der Waals surface area contributed by atoms with Crippen LogP contribution >= 0.6 is 27.3 Å². The molecule has 5 nitrogen and oxygen atoms in total. The van der Waals surface area contributed by atoms with Crippen LogP contribution in [0.5, 0.6) is 0 Å². The normalized spacial score (nSPS) is 11.9. The lowest BCUT2D eigenvalue weighted by atomic mass is 10.3. The maximum atomic E-state index is 14.0. The van der Waals surface area contributed by atoms with Crippen molar-refractivity contribution in [3.05, 3.63) is 52.2 Å². The van der Waals surface area contributed by atoms with Crippen LogP contribution < -0.4 is 4.72 Å². The van der Waals surface area contributed by atoms with E-state index in [-0.39, 0.29) is 16.6 Å². The number of nitrogens with one attached hydrogen (secondary N) is 1. The van der Waals surface area contributed by atoms with Gasteiger partial charge >= 0.3 is 0 Å². The highest BCUT2D eigenvalue weighted by molar-refractivity contribution is 9.10. The van der Waals surface area contributed by atoms with Crippen LogP contribution in [-0.2, 0) is 10.0 Å². The molecule has 0 atom stereocenters. The molecule has 0 bridgehead atoms. The first-order valence-corrected chi connectivity index (χ1v) is 10.5. The summed E-state index contributed by atoms with van der Waals surface area (Å²) < 4.78 is 44.2. The van der Waals surface area contributed by atoms with E-state index in [1.165, 1.54) is 29.7 Å². The van der Waals surface area contributed by atoms with Crippen LogP contribution in [0, 0.1) is 5.82 Å². The van der Waals surface area contributed by atoms with Gasteiger partial charge in [-0.2, -0.15) is 5.10 Å². The van der Waals surface area contributed by atoms with Gasteiger partial charge in [-0.25, -0.2) is 12.8 Å². The van der Waals surface area contributed by atoms with Gasteiger partial charge in [0.2, 0.25) is 0 Å². The van der Waals surface area contributed by atoms with E-state index < -0.39 is 15.8 Å². The van der Waals surface area contributed by atoms with Gasteiger partial charge in [0.25, 0.3) is 10.0 Å². The summed E-state index contributed by atoms with van der Waals surface area (Å²) in [5, 5.41) is 6.25. The Morgan fingerprint density at radius 3 is 2.68 bits per heavy atom. The topological polar surface area (TPSA) is 64.0 Å². The van der Waals surface area contributed by atoms with Crippen LogP contribution in [0.25, 0.3) is 10.6 Å². The van der Waals surface area contributed by atoms with Crippen molar-refractivity contribution in [1.29, 1.82) is 0 Å². The molecule has 1 aromatic carbocycles. The molecule has 2 aromatic heterocycles. The Labute approximate surface area is 157 Å². The fourth-order valence-electron chi connectivity index (χ4n) is 2.19. The molecule has 0 aliphatic heterocycles. The molecule has 9 heteroatoms. The van der Waals surface area contributed by atoms with Gasteiger partial charge in [0.05, 0.1) is 10.6 Å². The second-order valence-corrected chi connectivity index (χ2v) is 9.14. The van der Waals surface area contributed by atoms with E-state index in [1.54, 1.807) is 16.8 Å². The number of nitrogens with zero attached hydrogens (tertiary/aromatic N) is 2. The van der Waals surface area contributed by atoms with Crippen LogP contribution in [-0.4, -0.2) is 18.2 Å². The molecule has 0 unspecified atom stereocenters. The average molecular weight is 444 g/mol. The Morgan fingerprint density at radius 2 is 2.08 bits per heavy atom. The molecule has 3 aromatic rings. The number of aromatic nitrogens is 2. The van der Waals surface area contributed by atoms with E-state index in [0.29, 0.717) is 10.2 Å². The maximum absolute atomic E-state index is 14.0. The second kappa shape index (κ2) is 6.89. The van der Waals surface area contributed by atoms with Crippen molar-refractivity contribution in [2.24, 2.45) is 0 Å². The largest absolute Gasteiger partial charge is 0.277 e. The van der Waals surface area contributed by atoms with E-state index in [4.69, 9.17) is 0 Å². The van der Waals surface area contributed by atoms with Crippen LogP contribution in [0.4, 0.5) is 10.1 Å². The minimum Gasteiger partial charge on any atom is -0.277 e. The Hall–Kier alpha value is -1.71. The highest BCUT2D eigenvalue weighted by atomic mass is 79.9. The summed E-state index contributed by atoms with van der Waals surface area (Å²) in [7, 11) is -4.00. The number of anilines is 1. The maximum Gasteiger partial charge on any atom is 0.265 e. The number of hydrogen-bond donors (Lipinski definition) is 1. The van der Waals surface area contributed by atoms with Gasteiger partial charge in [0, 0.05) is 16.7 Å². The number of benzene rings is 1. The van der Waals surface area contributed by atoms with Gasteiger partial charge in [-0.1, -0.05) is 22.0 Å². The van der Waals surface area contributed by atoms with Crippen molar-refractivity contribution < 1.29 is 12.8 Å². The van der Waals surface area contributed by atoms with Crippen LogP contribution in [0.3, 0.4) is 0 Å². The Kier molecular flexibility index (Phi) is 4.99. The zero-order valence-electron chi connectivity index (χ0n) is 13.4. The van der Waals surface area contributed by atoms with E-state index in [9.17, 15) is 12.8 Å². The number of sulfonamides is 1. The highest BCUT2D eigenvalue weighted by Gasteiger charge is 2.26.